The molecule has 0 aliphatic heterocycles. The number of methoxy groups -OCH3 is 1. The van der Waals surface area contributed by atoms with Crippen molar-refractivity contribution in [2.75, 3.05) is 7.11 Å². The molecule has 108 valence electrons. The number of nitrogens with zero attached hydrogens (tertiary/aromatic N) is 3. The zero-order valence-electron chi connectivity index (χ0n) is 12.0. The van der Waals surface area contributed by atoms with Crippen LogP contribution in [0.1, 0.15) is 23.7 Å². The van der Waals surface area contributed by atoms with Crippen molar-refractivity contribution in [2.45, 2.75) is 18.8 Å². The van der Waals surface area contributed by atoms with E-state index in [0.29, 0.717) is 6.54 Å². The van der Waals surface area contributed by atoms with Crippen LogP contribution in [0.2, 0.25) is 0 Å². The van der Waals surface area contributed by atoms with E-state index in [0.717, 1.165) is 28.3 Å². The maximum absolute atomic E-state index is 6.26. The van der Waals surface area contributed by atoms with Crippen molar-refractivity contribution in [3.8, 4) is 5.75 Å². The smallest absolute Gasteiger partial charge is 0.160 e. The molecule has 21 heavy (non-hydrogen) atoms. The minimum absolute atomic E-state index is 0.169. The Morgan fingerprint density at radius 1 is 1.24 bits per heavy atom. The number of hydrogen-bond acceptors (Lipinski definition) is 3. The molecule has 0 spiro atoms. The Balaban J connectivity index is 2.03. The van der Waals surface area contributed by atoms with Crippen LogP contribution in [0.5, 0.6) is 5.75 Å². The van der Waals surface area contributed by atoms with Crippen molar-refractivity contribution in [3.05, 3.63) is 54.0 Å². The Hall–Kier alpha value is -2.07. The van der Waals surface area contributed by atoms with E-state index in [1.807, 2.05) is 43.3 Å². The number of fused-ring (bicyclic) bond motifs is 1. The molecule has 0 amide bonds. The van der Waals surface area contributed by atoms with E-state index in [1.54, 1.807) is 13.3 Å². The van der Waals surface area contributed by atoms with Crippen molar-refractivity contribution >= 4 is 22.8 Å². The van der Waals surface area contributed by atoms with E-state index in [9.17, 15) is 0 Å². The minimum atomic E-state index is -0.169. The number of imidazole rings is 1. The lowest BCUT2D eigenvalue weighted by molar-refractivity contribution is 0.414. The predicted molar refractivity (Wildman–Crippen MR) is 83.9 cm³/mol. The van der Waals surface area contributed by atoms with Gasteiger partial charge in [-0.3, -0.25) is 0 Å². The van der Waals surface area contributed by atoms with E-state index >= 15 is 0 Å². The number of ether oxygens (including phenoxy) is 1. The van der Waals surface area contributed by atoms with Gasteiger partial charge in [-0.15, -0.1) is 11.6 Å². The lowest BCUT2D eigenvalue weighted by Crippen LogP contribution is -2.06. The Kier molecular flexibility index (Phi) is 3.80. The van der Waals surface area contributed by atoms with Gasteiger partial charge >= 0.3 is 0 Å². The largest absolute Gasteiger partial charge is 0.497 e. The van der Waals surface area contributed by atoms with Crippen LogP contribution >= 0.6 is 11.6 Å². The fourth-order valence-electron chi connectivity index (χ4n) is 2.35. The van der Waals surface area contributed by atoms with E-state index in [4.69, 9.17) is 16.3 Å². The molecular formula is C16H16ClN3O. The molecule has 1 unspecified atom stereocenters. The molecule has 0 bridgehead atoms. The Bertz CT molecular complexity index is 750. The molecule has 0 saturated carbocycles. The third-order valence-electron chi connectivity index (χ3n) is 3.39. The summed E-state index contributed by atoms with van der Waals surface area (Å²) in [6.45, 7) is 2.61. The van der Waals surface area contributed by atoms with Crippen LogP contribution in [-0.4, -0.2) is 21.6 Å². The number of pyridine rings is 1. The van der Waals surface area contributed by atoms with Gasteiger partial charge < -0.3 is 9.30 Å². The zero-order valence-corrected chi connectivity index (χ0v) is 12.7. The van der Waals surface area contributed by atoms with Gasteiger partial charge in [0.2, 0.25) is 0 Å². The third kappa shape index (κ3) is 2.72. The number of aromatic nitrogens is 3. The Morgan fingerprint density at radius 2 is 2.00 bits per heavy atom. The summed E-state index contributed by atoms with van der Waals surface area (Å²) in [6, 6.07) is 11.8. The van der Waals surface area contributed by atoms with E-state index in [1.165, 1.54) is 0 Å². The van der Waals surface area contributed by atoms with Crippen LogP contribution in [0, 0.1) is 0 Å². The summed E-state index contributed by atoms with van der Waals surface area (Å²) in [5.74, 6) is 1.68. The van der Waals surface area contributed by atoms with E-state index in [2.05, 4.69) is 14.5 Å². The highest BCUT2D eigenvalue weighted by molar-refractivity contribution is 6.20. The lowest BCUT2D eigenvalue weighted by Gasteiger charge is -2.10. The second-order valence-corrected chi connectivity index (χ2v) is 5.52. The summed E-state index contributed by atoms with van der Waals surface area (Å²) in [5.41, 5.74) is 2.88. The van der Waals surface area contributed by atoms with Gasteiger partial charge in [0.25, 0.3) is 0 Å². The van der Waals surface area contributed by atoms with Gasteiger partial charge in [-0.1, -0.05) is 12.1 Å². The molecule has 0 saturated heterocycles. The fourth-order valence-corrected chi connectivity index (χ4v) is 2.52. The maximum Gasteiger partial charge on any atom is 0.160 e. The van der Waals surface area contributed by atoms with E-state index in [-0.39, 0.29) is 5.38 Å². The molecule has 0 N–H and O–H groups in total. The topological polar surface area (TPSA) is 39.9 Å². The number of alkyl halides is 1. The van der Waals surface area contributed by atoms with Crippen molar-refractivity contribution in [1.82, 2.24) is 14.5 Å². The average Bonchev–Trinajstić information content (AvgIpc) is 2.87. The molecule has 4 nitrogen and oxygen atoms in total. The first kappa shape index (κ1) is 13.9. The lowest BCUT2D eigenvalue weighted by atomic mass is 10.2. The van der Waals surface area contributed by atoms with E-state index < -0.39 is 0 Å². The normalized spacial score (nSPS) is 12.5. The highest BCUT2D eigenvalue weighted by atomic mass is 35.5. The summed E-state index contributed by atoms with van der Waals surface area (Å²) in [7, 11) is 1.66. The predicted octanol–water partition coefficient (Wildman–Crippen LogP) is 3.79. The van der Waals surface area contributed by atoms with Gasteiger partial charge in [0.15, 0.2) is 5.65 Å². The standard InChI is InChI=1S/C16H16ClN3O/c1-11(17)15-19-14-4-3-9-18-16(14)20(15)10-12-5-7-13(21-2)8-6-12/h3-9,11H,10H2,1-2H3. The quantitative estimate of drug-likeness (QED) is 0.688. The highest BCUT2D eigenvalue weighted by Gasteiger charge is 2.15. The van der Waals surface area contributed by atoms with Gasteiger partial charge in [0.05, 0.1) is 19.0 Å². The van der Waals surface area contributed by atoms with Crippen molar-refractivity contribution in [1.29, 1.82) is 0 Å². The molecular weight excluding hydrogens is 286 g/mol. The molecule has 1 aromatic carbocycles. The van der Waals surface area contributed by atoms with Crippen LogP contribution in [0.15, 0.2) is 42.6 Å². The molecule has 1 atom stereocenters. The number of rotatable bonds is 4. The number of hydrogen-bond donors (Lipinski definition) is 0. The third-order valence-corrected chi connectivity index (χ3v) is 3.58. The van der Waals surface area contributed by atoms with Gasteiger partial charge in [-0.25, -0.2) is 9.97 Å². The zero-order chi connectivity index (χ0) is 14.8. The van der Waals surface area contributed by atoms with Crippen LogP contribution in [-0.2, 0) is 6.54 Å². The van der Waals surface area contributed by atoms with Crippen molar-refractivity contribution < 1.29 is 4.74 Å². The second-order valence-electron chi connectivity index (χ2n) is 4.87. The molecule has 2 aromatic heterocycles. The summed E-state index contributed by atoms with van der Waals surface area (Å²) in [6.07, 6.45) is 1.78. The number of benzene rings is 1. The van der Waals surface area contributed by atoms with Crippen LogP contribution < -0.4 is 4.74 Å². The number of halogens is 1. The molecule has 0 aliphatic carbocycles. The molecule has 3 aromatic rings. The first-order valence-corrected chi connectivity index (χ1v) is 7.21. The van der Waals surface area contributed by atoms with Crippen LogP contribution in [0.3, 0.4) is 0 Å². The monoisotopic (exact) mass is 301 g/mol. The maximum atomic E-state index is 6.26. The Morgan fingerprint density at radius 3 is 2.67 bits per heavy atom. The van der Waals surface area contributed by atoms with Crippen LogP contribution in [0.4, 0.5) is 0 Å². The van der Waals surface area contributed by atoms with Gasteiger partial charge in [0, 0.05) is 6.20 Å². The average molecular weight is 302 g/mol. The molecule has 0 fully saturated rings. The van der Waals surface area contributed by atoms with Gasteiger partial charge in [-0.05, 0) is 36.8 Å². The molecule has 3 rings (SSSR count). The van der Waals surface area contributed by atoms with Crippen molar-refractivity contribution in [3.63, 3.8) is 0 Å². The SMILES string of the molecule is COc1ccc(Cn2c(C(C)Cl)nc3cccnc32)cc1. The summed E-state index contributed by atoms with van der Waals surface area (Å²) in [5, 5.41) is -0.169. The summed E-state index contributed by atoms with van der Waals surface area (Å²) >= 11 is 6.26. The molecule has 0 aliphatic rings. The molecule has 5 heteroatoms. The van der Waals surface area contributed by atoms with Gasteiger partial charge in [-0.2, -0.15) is 0 Å². The van der Waals surface area contributed by atoms with Crippen LogP contribution in [0.25, 0.3) is 11.2 Å². The summed E-state index contributed by atoms with van der Waals surface area (Å²) < 4.78 is 7.25. The first-order valence-electron chi connectivity index (χ1n) is 6.77. The van der Waals surface area contributed by atoms with Gasteiger partial charge in [0.1, 0.15) is 17.1 Å². The Labute approximate surface area is 128 Å². The molecule has 2 heterocycles. The molecule has 0 radical (unpaired) electrons. The first-order chi connectivity index (χ1) is 10.2. The minimum Gasteiger partial charge on any atom is -0.497 e. The summed E-state index contributed by atoms with van der Waals surface area (Å²) in [4.78, 5) is 9.02. The second kappa shape index (κ2) is 5.74. The highest BCUT2D eigenvalue weighted by Crippen LogP contribution is 2.24. The fraction of sp³-hybridized carbons (Fsp3) is 0.250. The van der Waals surface area contributed by atoms with Crippen molar-refractivity contribution in [2.24, 2.45) is 0 Å².